The van der Waals surface area contributed by atoms with Crippen LogP contribution in [-0.4, -0.2) is 41.2 Å². The first-order chi connectivity index (χ1) is 8.71. The number of hydrogen-bond acceptors (Lipinski definition) is 5. The summed E-state index contributed by atoms with van der Waals surface area (Å²) in [4.78, 5) is 6.81. The molecule has 0 spiro atoms. The lowest BCUT2D eigenvalue weighted by Crippen LogP contribution is -2.25. The van der Waals surface area contributed by atoms with Gasteiger partial charge in [-0.1, -0.05) is 25.9 Å². The maximum Gasteiger partial charge on any atom is 0.229 e. The van der Waals surface area contributed by atoms with Gasteiger partial charge in [0, 0.05) is 18.9 Å². The first-order valence-corrected chi connectivity index (χ1v) is 6.96. The molecule has 1 unspecified atom stereocenters. The van der Waals surface area contributed by atoms with E-state index in [9.17, 15) is 0 Å². The molecule has 1 aromatic rings. The molecule has 2 N–H and O–H groups in total. The predicted molar refractivity (Wildman–Crippen MR) is 72.5 cm³/mol. The van der Waals surface area contributed by atoms with Gasteiger partial charge in [0.05, 0.1) is 0 Å². The molecule has 0 bridgehead atoms. The van der Waals surface area contributed by atoms with Crippen LogP contribution in [0, 0.1) is 0 Å². The van der Waals surface area contributed by atoms with E-state index in [1.54, 1.807) is 0 Å². The highest BCUT2D eigenvalue weighted by Crippen LogP contribution is 2.18. The van der Waals surface area contributed by atoms with Gasteiger partial charge in [-0.25, -0.2) is 0 Å². The minimum absolute atomic E-state index is 0.309. The summed E-state index contributed by atoms with van der Waals surface area (Å²) in [5.41, 5.74) is 5.50. The normalized spacial score (nSPS) is 13.2. The van der Waals surface area contributed by atoms with Crippen LogP contribution in [-0.2, 0) is 6.42 Å². The summed E-state index contributed by atoms with van der Waals surface area (Å²) in [6.45, 7) is 10.3. The molecular weight excluding hydrogens is 228 g/mol. The number of hydrogen-bond donors (Lipinski definition) is 1. The zero-order chi connectivity index (χ0) is 13.4. The van der Waals surface area contributed by atoms with E-state index >= 15 is 0 Å². The van der Waals surface area contributed by atoms with Crippen LogP contribution in [0.5, 0.6) is 0 Å². The molecule has 0 saturated carbocycles. The Balaban J connectivity index is 2.42. The van der Waals surface area contributed by atoms with Crippen molar-refractivity contribution >= 4 is 0 Å². The lowest BCUT2D eigenvalue weighted by Gasteiger charge is -2.16. The Kier molecular flexibility index (Phi) is 6.90. The van der Waals surface area contributed by atoms with Crippen LogP contribution in [0.3, 0.4) is 0 Å². The second-order valence-corrected chi connectivity index (χ2v) is 4.66. The van der Waals surface area contributed by atoms with E-state index in [4.69, 9.17) is 10.3 Å². The number of nitrogens with two attached hydrogens (primary N) is 1. The third-order valence-electron chi connectivity index (χ3n) is 3.29. The van der Waals surface area contributed by atoms with E-state index < -0.39 is 0 Å². The van der Waals surface area contributed by atoms with Crippen LogP contribution >= 0.6 is 0 Å². The Bertz CT molecular complexity index is 323. The van der Waals surface area contributed by atoms with E-state index in [1.807, 2.05) is 0 Å². The highest BCUT2D eigenvalue weighted by molar-refractivity contribution is 4.93. The van der Waals surface area contributed by atoms with Crippen LogP contribution in [0.1, 0.15) is 51.2 Å². The fourth-order valence-corrected chi connectivity index (χ4v) is 1.91. The van der Waals surface area contributed by atoms with Crippen molar-refractivity contribution in [3.05, 3.63) is 11.7 Å². The molecule has 104 valence electrons. The molecule has 0 amide bonds. The zero-order valence-corrected chi connectivity index (χ0v) is 11.9. The molecule has 1 atom stereocenters. The lowest BCUT2D eigenvalue weighted by molar-refractivity contribution is 0.302. The van der Waals surface area contributed by atoms with Crippen molar-refractivity contribution in [3.8, 4) is 0 Å². The fraction of sp³-hybridized carbons (Fsp3) is 0.846. The average molecular weight is 254 g/mol. The molecule has 0 aromatic carbocycles. The number of aromatic nitrogens is 2. The van der Waals surface area contributed by atoms with Crippen LogP contribution in [0.15, 0.2) is 4.52 Å². The molecule has 0 aliphatic rings. The van der Waals surface area contributed by atoms with Gasteiger partial charge in [0.15, 0.2) is 5.82 Å². The molecule has 0 aliphatic carbocycles. The van der Waals surface area contributed by atoms with Crippen molar-refractivity contribution < 1.29 is 4.52 Å². The van der Waals surface area contributed by atoms with Gasteiger partial charge in [-0.2, -0.15) is 4.98 Å². The van der Waals surface area contributed by atoms with Crippen molar-refractivity contribution in [2.24, 2.45) is 5.73 Å². The van der Waals surface area contributed by atoms with E-state index in [2.05, 4.69) is 35.8 Å². The Hall–Kier alpha value is -0.940. The van der Waals surface area contributed by atoms with Crippen LogP contribution in [0.4, 0.5) is 0 Å². The van der Waals surface area contributed by atoms with Gasteiger partial charge in [0.1, 0.15) is 0 Å². The highest BCUT2D eigenvalue weighted by atomic mass is 16.5. The molecule has 1 aromatic heterocycles. The second-order valence-electron chi connectivity index (χ2n) is 4.66. The monoisotopic (exact) mass is 254 g/mol. The topological polar surface area (TPSA) is 68.2 Å². The molecule has 0 aliphatic heterocycles. The van der Waals surface area contributed by atoms with E-state index in [1.165, 1.54) is 0 Å². The molecule has 18 heavy (non-hydrogen) atoms. The zero-order valence-electron chi connectivity index (χ0n) is 11.9. The van der Waals surface area contributed by atoms with Gasteiger partial charge in [-0.05, 0) is 32.5 Å². The minimum atomic E-state index is 0.309. The molecule has 5 heteroatoms. The van der Waals surface area contributed by atoms with Crippen molar-refractivity contribution in [2.45, 2.75) is 46.0 Å². The van der Waals surface area contributed by atoms with Gasteiger partial charge in [0.2, 0.25) is 5.89 Å². The van der Waals surface area contributed by atoms with Crippen molar-refractivity contribution in [1.82, 2.24) is 15.0 Å². The molecule has 0 fully saturated rings. The maximum atomic E-state index is 5.50. The van der Waals surface area contributed by atoms with E-state index in [-0.39, 0.29) is 0 Å². The highest BCUT2D eigenvalue weighted by Gasteiger charge is 2.14. The second kappa shape index (κ2) is 8.21. The Morgan fingerprint density at radius 3 is 2.67 bits per heavy atom. The summed E-state index contributed by atoms with van der Waals surface area (Å²) in [6, 6.07) is 0. The molecule has 1 heterocycles. The Morgan fingerprint density at radius 1 is 1.33 bits per heavy atom. The third kappa shape index (κ3) is 4.74. The smallest absolute Gasteiger partial charge is 0.229 e. The summed E-state index contributed by atoms with van der Waals surface area (Å²) in [5, 5.41) is 4.04. The van der Waals surface area contributed by atoms with Gasteiger partial charge in [-0.3, -0.25) is 0 Å². The SMILES string of the molecule is CCN(CC)CCc1noc(C(C)CCCN)n1. The largest absolute Gasteiger partial charge is 0.339 e. The summed E-state index contributed by atoms with van der Waals surface area (Å²) in [5.74, 6) is 1.87. The van der Waals surface area contributed by atoms with Gasteiger partial charge in [-0.15, -0.1) is 0 Å². The van der Waals surface area contributed by atoms with E-state index in [0.717, 1.165) is 50.6 Å². The predicted octanol–water partition coefficient (Wildman–Crippen LogP) is 1.80. The van der Waals surface area contributed by atoms with Crippen LogP contribution in [0.2, 0.25) is 0 Å². The average Bonchev–Trinajstić information content (AvgIpc) is 2.86. The van der Waals surface area contributed by atoms with Crippen molar-refractivity contribution in [1.29, 1.82) is 0 Å². The quantitative estimate of drug-likeness (QED) is 0.727. The standard InChI is InChI=1S/C13H26N4O/c1-4-17(5-2)10-8-12-15-13(18-16-12)11(3)7-6-9-14/h11H,4-10,14H2,1-3H3. The third-order valence-corrected chi connectivity index (χ3v) is 3.29. The van der Waals surface area contributed by atoms with Gasteiger partial charge < -0.3 is 15.2 Å². The van der Waals surface area contributed by atoms with Crippen molar-refractivity contribution in [3.63, 3.8) is 0 Å². The number of rotatable bonds is 9. The summed E-state index contributed by atoms with van der Waals surface area (Å²) < 4.78 is 5.30. The van der Waals surface area contributed by atoms with E-state index in [0.29, 0.717) is 12.5 Å². The number of likely N-dealkylation sites (N-methyl/N-ethyl adjacent to an activating group) is 1. The summed E-state index contributed by atoms with van der Waals surface area (Å²) >= 11 is 0. The molecule has 0 saturated heterocycles. The first-order valence-electron chi connectivity index (χ1n) is 6.96. The lowest BCUT2D eigenvalue weighted by atomic mass is 10.1. The van der Waals surface area contributed by atoms with Crippen molar-refractivity contribution in [2.75, 3.05) is 26.2 Å². The Morgan fingerprint density at radius 2 is 2.06 bits per heavy atom. The first kappa shape index (κ1) is 15.1. The molecule has 0 radical (unpaired) electrons. The van der Waals surface area contributed by atoms with Crippen LogP contribution in [0.25, 0.3) is 0 Å². The summed E-state index contributed by atoms with van der Waals surface area (Å²) in [6.07, 6.45) is 2.86. The molecular formula is C13H26N4O. The number of nitrogens with zero attached hydrogens (tertiary/aromatic N) is 3. The minimum Gasteiger partial charge on any atom is -0.339 e. The Labute approximate surface area is 110 Å². The fourth-order valence-electron chi connectivity index (χ4n) is 1.91. The molecule has 1 rings (SSSR count). The maximum absolute atomic E-state index is 5.50. The summed E-state index contributed by atoms with van der Waals surface area (Å²) in [7, 11) is 0. The van der Waals surface area contributed by atoms with Crippen LogP contribution < -0.4 is 5.73 Å². The molecule has 5 nitrogen and oxygen atoms in total. The van der Waals surface area contributed by atoms with Gasteiger partial charge >= 0.3 is 0 Å². The van der Waals surface area contributed by atoms with Gasteiger partial charge in [0.25, 0.3) is 0 Å².